The highest BCUT2D eigenvalue weighted by molar-refractivity contribution is 5.93. The van der Waals surface area contributed by atoms with Crippen LogP contribution in [0.2, 0.25) is 0 Å². The summed E-state index contributed by atoms with van der Waals surface area (Å²) >= 11 is 0. The number of fused-ring (bicyclic) bond motifs is 1. The topological polar surface area (TPSA) is 72.9 Å². The number of carbonyl (C=O) groups is 1. The van der Waals surface area contributed by atoms with E-state index >= 15 is 0 Å². The first-order valence-corrected chi connectivity index (χ1v) is 8.71. The maximum Gasteiger partial charge on any atom is 0.251 e. The Labute approximate surface area is 151 Å². The number of morpholine rings is 1. The Kier molecular flexibility index (Phi) is 4.99. The van der Waals surface area contributed by atoms with Crippen LogP contribution >= 0.6 is 0 Å². The first-order valence-electron chi connectivity index (χ1n) is 8.71. The van der Waals surface area contributed by atoms with Gasteiger partial charge in [-0.15, -0.1) is 0 Å². The number of pyridine rings is 1. The van der Waals surface area contributed by atoms with Gasteiger partial charge in [0.2, 0.25) is 6.79 Å². The highest BCUT2D eigenvalue weighted by atomic mass is 16.7. The summed E-state index contributed by atoms with van der Waals surface area (Å²) in [7, 11) is 0. The van der Waals surface area contributed by atoms with Crippen molar-refractivity contribution in [3.8, 4) is 11.5 Å². The highest BCUT2D eigenvalue weighted by Crippen LogP contribution is 2.35. The van der Waals surface area contributed by atoms with E-state index < -0.39 is 0 Å². The lowest BCUT2D eigenvalue weighted by Crippen LogP contribution is -2.43. The fourth-order valence-electron chi connectivity index (χ4n) is 3.26. The third-order valence-corrected chi connectivity index (χ3v) is 4.67. The molecule has 3 heterocycles. The summed E-state index contributed by atoms with van der Waals surface area (Å²) < 4.78 is 16.4. The molecular weight excluding hydrogens is 334 g/mol. The van der Waals surface area contributed by atoms with Crippen LogP contribution in [-0.4, -0.2) is 55.4 Å². The van der Waals surface area contributed by atoms with Crippen LogP contribution in [0, 0.1) is 0 Å². The lowest BCUT2D eigenvalue weighted by molar-refractivity contribution is 0.0162. The second kappa shape index (κ2) is 7.72. The lowest BCUT2D eigenvalue weighted by Gasteiger charge is -2.35. The number of aromatic nitrogens is 1. The normalized spacial score (nSPS) is 17.7. The molecule has 1 fully saturated rings. The second-order valence-corrected chi connectivity index (χ2v) is 6.22. The van der Waals surface area contributed by atoms with Crippen LogP contribution in [0.5, 0.6) is 11.5 Å². The van der Waals surface area contributed by atoms with E-state index in [0.29, 0.717) is 25.3 Å². The molecule has 0 radical (unpaired) electrons. The van der Waals surface area contributed by atoms with Gasteiger partial charge >= 0.3 is 0 Å². The van der Waals surface area contributed by atoms with Gasteiger partial charge in [-0.3, -0.25) is 14.7 Å². The first-order chi connectivity index (χ1) is 12.8. The first kappa shape index (κ1) is 16.8. The molecule has 2 aromatic rings. The lowest BCUT2D eigenvalue weighted by atomic mass is 10.0. The number of nitrogens with zero attached hydrogens (tertiary/aromatic N) is 2. The summed E-state index contributed by atoms with van der Waals surface area (Å²) in [6.07, 6.45) is 3.23. The molecule has 0 bridgehead atoms. The number of benzene rings is 1. The third kappa shape index (κ3) is 3.63. The van der Waals surface area contributed by atoms with Gasteiger partial charge in [0.25, 0.3) is 5.91 Å². The zero-order valence-electron chi connectivity index (χ0n) is 14.4. The zero-order valence-corrected chi connectivity index (χ0v) is 14.4. The number of hydrogen-bond acceptors (Lipinski definition) is 6. The second-order valence-electron chi connectivity index (χ2n) is 6.22. The number of hydrogen-bond donors (Lipinski definition) is 1. The minimum absolute atomic E-state index is 0.0409. The average molecular weight is 355 g/mol. The molecule has 0 saturated carbocycles. The summed E-state index contributed by atoms with van der Waals surface area (Å²) in [5.41, 5.74) is 1.69. The predicted molar refractivity (Wildman–Crippen MR) is 94.3 cm³/mol. The fourth-order valence-corrected chi connectivity index (χ4v) is 3.26. The van der Waals surface area contributed by atoms with Gasteiger partial charge in [-0.2, -0.15) is 0 Å². The van der Waals surface area contributed by atoms with E-state index in [1.54, 1.807) is 24.5 Å². The van der Waals surface area contributed by atoms with Gasteiger partial charge < -0.3 is 19.5 Å². The SMILES string of the molecule is O=C(NCC(c1ccc2c(c1)OCO2)N1CCOCC1)c1ccncc1. The van der Waals surface area contributed by atoms with Gasteiger partial charge in [0, 0.05) is 37.6 Å². The molecule has 1 N–H and O–H groups in total. The number of nitrogens with one attached hydrogen (secondary N) is 1. The van der Waals surface area contributed by atoms with Gasteiger partial charge in [0.05, 0.1) is 19.3 Å². The number of ether oxygens (including phenoxy) is 3. The molecule has 0 spiro atoms. The Morgan fingerprint density at radius 3 is 2.69 bits per heavy atom. The van der Waals surface area contributed by atoms with E-state index in [4.69, 9.17) is 14.2 Å². The molecule has 2 aliphatic rings. The van der Waals surface area contributed by atoms with Crippen molar-refractivity contribution in [3.63, 3.8) is 0 Å². The van der Waals surface area contributed by atoms with Crippen LogP contribution in [0.15, 0.2) is 42.7 Å². The average Bonchev–Trinajstić information content (AvgIpc) is 3.17. The van der Waals surface area contributed by atoms with Crippen LogP contribution < -0.4 is 14.8 Å². The van der Waals surface area contributed by atoms with Crippen molar-refractivity contribution in [3.05, 3.63) is 53.9 Å². The fraction of sp³-hybridized carbons (Fsp3) is 0.368. The molecule has 1 amide bonds. The molecule has 7 nitrogen and oxygen atoms in total. The molecule has 4 rings (SSSR count). The smallest absolute Gasteiger partial charge is 0.251 e. The minimum atomic E-state index is -0.105. The minimum Gasteiger partial charge on any atom is -0.454 e. The van der Waals surface area contributed by atoms with Gasteiger partial charge in [0.15, 0.2) is 11.5 Å². The van der Waals surface area contributed by atoms with Crippen molar-refractivity contribution in [2.75, 3.05) is 39.6 Å². The monoisotopic (exact) mass is 355 g/mol. The van der Waals surface area contributed by atoms with Crippen molar-refractivity contribution in [2.24, 2.45) is 0 Å². The molecule has 1 aromatic carbocycles. The molecule has 1 atom stereocenters. The van der Waals surface area contributed by atoms with Crippen LogP contribution in [0.1, 0.15) is 22.0 Å². The Hall–Kier alpha value is -2.64. The Balaban J connectivity index is 1.52. The molecule has 1 saturated heterocycles. The summed E-state index contributed by atoms with van der Waals surface area (Å²) in [5, 5.41) is 3.04. The van der Waals surface area contributed by atoms with Gasteiger partial charge in [-0.1, -0.05) is 6.07 Å². The maximum atomic E-state index is 12.4. The van der Waals surface area contributed by atoms with E-state index in [-0.39, 0.29) is 18.7 Å². The molecule has 26 heavy (non-hydrogen) atoms. The molecule has 2 aliphatic heterocycles. The quantitative estimate of drug-likeness (QED) is 0.879. The van der Waals surface area contributed by atoms with E-state index in [9.17, 15) is 4.79 Å². The molecule has 1 aromatic heterocycles. The summed E-state index contributed by atoms with van der Waals surface area (Å²) in [4.78, 5) is 18.7. The van der Waals surface area contributed by atoms with Gasteiger partial charge in [0.1, 0.15) is 0 Å². The zero-order chi connectivity index (χ0) is 17.8. The largest absolute Gasteiger partial charge is 0.454 e. The molecular formula is C19H21N3O4. The number of rotatable bonds is 5. The predicted octanol–water partition coefficient (Wildman–Crippen LogP) is 1.61. The summed E-state index contributed by atoms with van der Waals surface area (Å²) in [5.74, 6) is 1.41. The summed E-state index contributed by atoms with van der Waals surface area (Å²) in [6, 6.07) is 9.42. The van der Waals surface area contributed by atoms with Crippen LogP contribution in [0.4, 0.5) is 0 Å². The third-order valence-electron chi connectivity index (χ3n) is 4.67. The molecule has 0 aliphatic carbocycles. The van der Waals surface area contributed by atoms with Crippen molar-refractivity contribution in [2.45, 2.75) is 6.04 Å². The van der Waals surface area contributed by atoms with Crippen molar-refractivity contribution < 1.29 is 19.0 Å². The van der Waals surface area contributed by atoms with E-state index in [1.165, 1.54) is 0 Å². The van der Waals surface area contributed by atoms with E-state index in [0.717, 1.165) is 30.2 Å². The molecule has 136 valence electrons. The van der Waals surface area contributed by atoms with Crippen LogP contribution in [0.25, 0.3) is 0 Å². The molecule has 7 heteroatoms. The van der Waals surface area contributed by atoms with Crippen molar-refractivity contribution >= 4 is 5.91 Å². The van der Waals surface area contributed by atoms with Gasteiger partial charge in [-0.25, -0.2) is 0 Å². The Bertz CT molecular complexity index is 763. The van der Waals surface area contributed by atoms with E-state index in [2.05, 4.69) is 15.2 Å². The Morgan fingerprint density at radius 2 is 1.88 bits per heavy atom. The standard InChI is InChI=1S/C19H21N3O4/c23-19(14-3-5-20-6-4-14)21-12-16(22-7-9-24-10-8-22)15-1-2-17-18(11-15)26-13-25-17/h1-6,11,16H,7-10,12-13H2,(H,21,23). The number of carbonyl (C=O) groups excluding carboxylic acids is 1. The molecule has 1 unspecified atom stereocenters. The van der Waals surface area contributed by atoms with E-state index in [1.807, 2.05) is 18.2 Å². The summed E-state index contributed by atoms with van der Waals surface area (Å²) in [6.45, 7) is 3.79. The number of amides is 1. The highest BCUT2D eigenvalue weighted by Gasteiger charge is 2.25. The van der Waals surface area contributed by atoms with Crippen LogP contribution in [-0.2, 0) is 4.74 Å². The Morgan fingerprint density at radius 1 is 1.12 bits per heavy atom. The van der Waals surface area contributed by atoms with Gasteiger partial charge in [-0.05, 0) is 29.8 Å². The van der Waals surface area contributed by atoms with Crippen LogP contribution in [0.3, 0.4) is 0 Å². The maximum absolute atomic E-state index is 12.4. The van der Waals surface area contributed by atoms with Crippen molar-refractivity contribution in [1.82, 2.24) is 15.2 Å². The van der Waals surface area contributed by atoms with Crippen molar-refractivity contribution in [1.29, 1.82) is 0 Å².